The fraction of sp³-hybridized carbons (Fsp3) is 0.714. The highest BCUT2D eigenvalue weighted by molar-refractivity contribution is 5.31. The highest BCUT2D eigenvalue weighted by Crippen LogP contribution is 2.31. The second kappa shape index (κ2) is 5.32. The summed E-state index contributed by atoms with van der Waals surface area (Å²) < 4.78 is 7.17. The van der Waals surface area contributed by atoms with Crippen molar-refractivity contribution in [2.75, 3.05) is 26.3 Å². The topological polar surface area (TPSA) is 54.1 Å². The first-order valence-electron chi connectivity index (χ1n) is 6.69. The summed E-state index contributed by atoms with van der Waals surface area (Å²) in [5.41, 5.74) is 1.98. The molecule has 1 aromatic heterocycles. The van der Waals surface area contributed by atoms with Gasteiger partial charge in [-0.25, -0.2) is 0 Å². The normalized spacial score (nSPS) is 19.1. The van der Waals surface area contributed by atoms with Gasteiger partial charge in [0.1, 0.15) is 6.04 Å². The Morgan fingerprint density at radius 3 is 2.53 bits per heavy atom. The van der Waals surface area contributed by atoms with Gasteiger partial charge in [0, 0.05) is 37.3 Å². The van der Waals surface area contributed by atoms with Crippen LogP contribution < -0.4 is 0 Å². The van der Waals surface area contributed by atoms with Crippen LogP contribution in [0, 0.1) is 11.3 Å². The van der Waals surface area contributed by atoms with Gasteiger partial charge < -0.3 is 4.74 Å². The quantitative estimate of drug-likeness (QED) is 0.812. The average Bonchev–Trinajstić information content (AvgIpc) is 2.73. The summed E-state index contributed by atoms with van der Waals surface area (Å²) in [5.74, 6) is 0. The Hall–Kier alpha value is -1.38. The smallest absolute Gasteiger partial charge is 0.127 e. The zero-order valence-electron chi connectivity index (χ0n) is 12.2. The molecule has 1 saturated heterocycles. The molecule has 0 aromatic carbocycles. The number of nitrogens with zero attached hydrogens (tertiary/aromatic N) is 4. The molecule has 0 aliphatic carbocycles. The first kappa shape index (κ1) is 14.0. The van der Waals surface area contributed by atoms with Gasteiger partial charge in [-0.05, 0) is 0 Å². The van der Waals surface area contributed by atoms with E-state index in [0.29, 0.717) is 13.2 Å². The van der Waals surface area contributed by atoms with Crippen LogP contribution in [0.2, 0.25) is 0 Å². The first-order chi connectivity index (χ1) is 8.93. The van der Waals surface area contributed by atoms with Crippen LogP contribution in [0.4, 0.5) is 0 Å². The number of rotatable bonds is 2. The summed E-state index contributed by atoms with van der Waals surface area (Å²) in [7, 11) is 1.91. The predicted octanol–water partition coefficient (Wildman–Crippen LogP) is 1.61. The second-order valence-corrected chi connectivity index (χ2v) is 6.04. The summed E-state index contributed by atoms with van der Waals surface area (Å²) in [6.45, 7) is 9.39. The number of hydrogen-bond donors (Lipinski definition) is 0. The van der Waals surface area contributed by atoms with Crippen LogP contribution in [0.1, 0.15) is 38.1 Å². The molecule has 5 heteroatoms. The molecule has 2 heterocycles. The molecule has 0 saturated carbocycles. The number of aryl methyl sites for hydroxylation is 1. The molecule has 1 aromatic rings. The van der Waals surface area contributed by atoms with Gasteiger partial charge in [0.15, 0.2) is 0 Å². The predicted molar refractivity (Wildman–Crippen MR) is 72.7 cm³/mol. The van der Waals surface area contributed by atoms with E-state index in [9.17, 15) is 5.26 Å². The van der Waals surface area contributed by atoms with E-state index in [1.54, 1.807) is 4.68 Å². The van der Waals surface area contributed by atoms with Gasteiger partial charge in [-0.1, -0.05) is 20.8 Å². The van der Waals surface area contributed by atoms with Gasteiger partial charge in [0.25, 0.3) is 0 Å². The molecule has 2 rings (SSSR count). The Kier molecular flexibility index (Phi) is 3.93. The number of ether oxygens (including phenoxy) is 1. The van der Waals surface area contributed by atoms with E-state index < -0.39 is 0 Å². The molecule has 0 bridgehead atoms. The fourth-order valence-corrected chi connectivity index (χ4v) is 2.47. The van der Waals surface area contributed by atoms with E-state index in [2.05, 4.69) is 36.8 Å². The SMILES string of the molecule is Cn1cc(C(C#N)N2CCOCC2)c(C(C)(C)C)n1. The molecule has 0 radical (unpaired) electrons. The Balaban J connectivity index is 2.35. The van der Waals surface area contributed by atoms with Crippen LogP contribution in [0.3, 0.4) is 0 Å². The lowest BCUT2D eigenvalue weighted by atomic mass is 9.87. The van der Waals surface area contributed by atoms with Crippen molar-refractivity contribution in [3.63, 3.8) is 0 Å². The van der Waals surface area contributed by atoms with Crippen molar-refractivity contribution in [3.05, 3.63) is 17.5 Å². The maximum absolute atomic E-state index is 9.56. The van der Waals surface area contributed by atoms with Crippen LogP contribution in [0.25, 0.3) is 0 Å². The van der Waals surface area contributed by atoms with Gasteiger partial charge >= 0.3 is 0 Å². The summed E-state index contributed by atoms with van der Waals surface area (Å²) in [6, 6.07) is 2.20. The molecule has 1 fully saturated rings. The molecule has 1 unspecified atom stereocenters. The molecule has 104 valence electrons. The minimum Gasteiger partial charge on any atom is -0.379 e. The van der Waals surface area contributed by atoms with Gasteiger partial charge in [0.05, 0.1) is 25.0 Å². The molecule has 5 nitrogen and oxygen atoms in total. The van der Waals surface area contributed by atoms with Crippen molar-refractivity contribution in [1.29, 1.82) is 5.26 Å². The minimum atomic E-state index is -0.230. The largest absolute Gasteiger partial charge is 0.379 e. The molecule has 0 N–H and O–H groups in total. The summed E-state index contributed by atoms with van der Waals surface area (Å²) in [5, 5.41) is 14.1. The summed E-state index contributed by atoms with van der Waals surface area (Å²) in [4.78, 5) is 2.18. The van der Waals surface area contributed by atoms with Crippen LogP contribution in [-0.2, 0) is 17.2 Å². The van der Waals surface area contributed by atoms with E-state index in [4.69, 9.17) is 4.74 Å². The lowest BCUT2D eigenvalue weighted by Gasteiger charge is -2.31. The molecule has 0 spiro atoms. The molecular weight excluding hydrogens is 240 g/mol. The fourth-order valence-electron chi connectivity index (χ4n) is 2.47. The molecule has 0 amide bonds. The van der Waals surface area contributed by atoms with Gasteiger partial charge in [-0.15, -0.1) is 0 Å². The van der Waals surface area contributed by atoms with Crippen molar-refractivity contribution in [2.24, 2.45) is 7.05 Å². The highest BCUT2D eigenvalue weighted by Gasteiger charge is 2.30. The average molecular weight is 262 g/mol. The van der Waals surface area contributed by atoms with E-state index in [0.717, 1.165) is 24.3 Å². The third kappa shape index (κ3) is 2.96. The zero-order valence-corrected chi connectivity index (χ0v) is 12.2. The van der Waals surface area contributed by atoms with E-state index >= 15 is 0 Å². The van der Waals surface area contributed by atoms with Crippen LogP contribution in [0.15, 0.2) is 6.20 Å². The van der Waals surface area contributed by atoms with Crippen molar-refractivity contribution in [2.45, 2.75) is 32.2 Å². The Bertz CT molecular complexity index is 475. The third-order valence-corrected chi connectivity index (χ3v) is 3.40. The van der Waals surface area contributed by atoms with Crippen molar-refractivity contribution in [3.8, 4) is 6.07 Å². The summed E-state index contributed by atoms with van der Waals surface area (Å²) >= 11 is 0. The number of nitriles is 1. The summed E-state index contributed by atoms with van der Waals surface area (Å²) in [6.07, 6.45) is 1.98. The number of aromatic nitrogens is 2. The molecular formula is C14H22N4O. The van der Waals surface area contributed by atoms with Crippen LogP contribution in [-0.4, -0.2) is 41.0 Å². The lowest BCUT2D eigenvalue weighted by Crippen LogP contribution is -2.39. The lowest BCUT2D eigenvalue weighted by molar-refractivity contribution is 0.0264. The minimum absolute atomic E-state index is 0.0576. The molecule has 1 aliphatic rings. The first-order valence-corrected chi connectivity index (χ1v) is 6.69. The molecule has 19 heavy (non-hydrogen) atoms. The molecule has 1 atom stereocenters. The van der Waals surface area contributed by atoms with Gasteiger partial charge in [0.2, 0.25) is 0 Å². The van der Waals surface area contributed by atoms with E-state index in [-0.39, 0.29) is 11.5 Å². The maximum atomic E-state index is 9.56. The maximum Gasteiger partial charge on any atom is 0.127 e. The Morgan fingerprint density at radius 2 is 2.00 bits per heavy atom. The van der Waals surface area contributed by atoms with E-state index in [1.807, 2.05) is 13.2 Å². The standard InChI is InChI=1S/C14H22N4O/c1-14(2,3)13-11(10-17(4)16-13)12(9-15)18-5-7-19-8-6-18/h10,12H,5-8H2,1-4H3. The Labute approximate surface area is 114 Å². The number of hydrogen-bond acceptors (Lipinski definition) is 4. The molecule has 1 aliphatic heterocycles. The third-order valence-electron chi connectivity index (χ3n) is 3.40. The van der Waals surface area contributed by atoms with Crippen LogP contribution >= 0.6 is 0 Å². The van der Waals surface area contributed by atoms with Crippen molar-refractivity contribution < 1.29 is 4.74 Å². The monoisotopic (exact) mass is 262 g/mol. The van der Waals surface area contributed by atoms with Gasteiger partial charge in [-0.3, -0.25) is 9.58 Å². The van der Waals surface area contributed by atoms with Gasteiger partial charge in [-0.2, -0.15) is 10.4 Å². The van der Waals surface area contributed by atoms with Crippen molar-refractivity contribution >= 4 is 0 Å². The Morgan fingerprint density at radius 1 is 1.37 bits per heavy atom. The van der Waals surface area contributed by atoms with Crippen LogP contribution in [0.5, 0.6) is 0 Å². The zero-order chi connectivity index (χ0) is 14.0. The number of morpholine rings is 1. The highest BCUT2D eigenvalue weighted by atomic mass is 16.5. The van der Waals surface area contributed by atoms with E-state index in [1.165, 1.54) is 0 Å². The van der Waals surface area contributed by atoms with Crippen molar-refractivity contribution in [1.82, 2.24) is 14.7 Å². The second-order valence-electron chi connectivity index (χ2n) is 6.04.